The van der Waals surface area contributed by atoms with Crippen molar-refractivity contribution in [1.29, 1.82) is 0 Å². The summed E-state index contributed by atoms with van der Waals surface area (Å²) in [4.78, 5) is 0. The van der Waals surface area contributed by atoms with Crippen LogP contribution in [-0.4, -0.2) is 0 Å². The number of nitrogens with one attached hydrogen (secondary N) is 1. The third kappa shape index (κ3) is 3.99. The molecule has 0 radical (unpaired) electrons. The maximum Gasteiger partial charge on any atom is 0.0451 e. The van der Waals surface area contributed by atoms with Gasteiger partial charge in [0.2, 0.25) is 0 Å². The Bertz CT molecular complexity index is 564. The quantitative estimate of drug-likeness (QED) is 0.779. The molecular weight excluding hydrogens is 289 g/mol. The average Bonchev–Trinajstić information content (AvgIpc) is 2.48. The highest BCUT2D eigenvalue weighted by Gasteiger charge is 2.07. The standard InChI is InChI=1S/C17H19Cl2N/c1-3-13-4-6-14(7-5-13)12(2)20-11-15-10-16(18)8-9-17(15)19/h4-10,12,20H,3,11H2,1-2H3. The largest absolute Gasteiger partial charge is 0.306 e. The van der Waals surface area contributed by atoms with Crippen LogP contribution in [0.2, 0.25) is 10.0 Å². The Kier molecular flexibility index (Phi) is 5.47. The van der Waals surface area contributed by atoms with Crippen molar-refractivity contribution >= 4 is 23.2 Å². The molecule has 0 amide bonds. The van der Waals surface area contributed by atoms with Crippen molar-refractivity contribution in [2.45, 2.75) is 32.9 Å². The molecule has 2 aromatic rings. The first kappa shape index (κ1) is 15.4. The summed E-state index contributed by atoms with van der Waals surface area (Å²) in [7, 11) is 0. The molecule has 3 heteroatoms. The minimum Gasteiger partial charge on any atom is -0.306 e. The van der Waals surface area contributed by atoms with Gasteiger partial charge in [0.1, 0.15) is 0 Å². The summed E-state index contributed by atoms with van der Waals surface area (Å²) < 4.78 is 0. The van der Waals surface area contributed by atoms with Gasteiger partial charge in [0.15, 0.2) is 0 Å². The molecule has 1 unspecified atom stereocenters. The van der Waals surface area contributed by atoms with Crippen molar-refractivity contribution in [2.24, 2.45) is 0 Å². The smallest absolute Gasteiger partial charge is 0.0451 e. The molecule has 20 heavy (non-hydrogen) atoms. The first-order chi connectivity index (χ1) is 9.60. The van der Waals surface area contributed by atoms with Crippen LogP contribution >= 0.6 is 23.2 Å². The van der Waals surface area contributed by atoms with Gasteiger partial charge in [0.05, 0.1) is 0 Å². The summed E-state index contributed by atoms with van der Waals surface area (Å²) in [6.45, 7) is 5.02. The SMILES string of the molecule is CCc1ccc(C(C)NCc2cc(Cl)ccc2Cl)cc1. The van der Waals surface area contributed by atoms with Crippen LogP contribution < -0.4 is 5.32 Å². The van der Waals surface area contributed by atoms with Crippen LogP contribution in [-0.2, 0) is 13.0 Å². The highest BCUT2D eigenvalue weighted by molar-refractivity contribution is 6.33. The molecule has 0 aliphatic carbocycles. The predicted octanol–water partition coefficient (Wildman–Crippen LogP) is 5.41. The highest BCUT2D eigenvalue weighted by atomic mass is 35.5. The second-order valence-corrected chi connectivity index (χ2v) is 5.78. The molecular formula is C17H19Cl2N. The minimum atomic E-state index is 0.274. The molecule has 1 N–H and O–H groups in total. The molecule has 0 saturated heterocycles. The van der Waals surface area contributed by atoms with E-state index < -0.39 is 0 Å². The third-order valence-electron chi connectivity index (χ3n) is 3.49. The Labute approximate surface area is 130 Å². The van der Waals surface area contributed by atoms with E-state index >= 15 is 0 Å². The zero-order chi connectivity index (χ0) is 14.5. The van der Waals surface area contributed by atoms with E-state index in [4.69, 9.17) is 23.2 Å². The van der Waals surface area contributed by atoms with Gasteiger partial charge in [-0.15, -0.1) is 0 Å². The van der Waals surface area contributed by atoms with Crippen molar-refractivity contribution in [3.63, 3.8) is 0 Å². The van der Waals surface area contributed by atoms with Crippen LogP contribution in [0.15, 0.2) is 42.5 Å². The fourth-order valence-corrected chi connectivity index (χ4v) is 2.48. The zero-order valence-electron chi connectivity index (χ0n) is 11.8. The molecule has 1 atom stereocenters. The molecule has 106 valence electrons. The minimum absolute atomic E-state index is 0.274. The molecule has 0 aliphatic heterocycles. The third-order valence-corrected chi connectivity index (χ3v) is 4.10. The van der Waals surface area contributed by atoms with Gasteiger partial charge in [-0.25, -0.2) is 0 Å². The van der Waals surface area contributed by atoms with Gasteiger partial charge < -0.3 is 5.32 Å². The topological polar surface area (TPSA) is 12.0 Å². The van der Waals surface area contributed by atoms with Gasteiger partial charge in [-0.05, 0) is 48.2 Å². The predicted molar refractivity (Wildman–Crippen MR) is 87.5 cm³/mol. The van der Waals surface area contributed by atoms with Crippen molar-refractivity contribution in [3.8, 4) is 0 Å². The Morgan fingerprint density at radius 2 is 1.75 bits per heavy atom. The molecule has 2 rings (SSSR count). The van der Waals surface area contributed by atoms with Gasteiger partial charge in [-0.1, -0.05) is 54.4 Å². The maximum absolute atomic E-state index is 6.17. The lowest BCUT2D eigenvalue weighted by atomic mass is 10.0. The lowest BCUT2D eigenvalue weighted by molar-refractivity contribution is 0.574. The number of hydrogen-bond donors (Lipinski definition) is 1. The maximum atomic E-state index is 6.17. The normalized spacial score (nSPS) is 12.4. The van der Waals surface area contributed by atoms with Crippen LogP contribution in [0, 0.1) is 0 Å². The van der Waals surface area contributed by atoms with Crippen molar-refractivity contribution in [2.75, 3.05) is 0 Å². The first-order valence-corrected chi connectivity index (χ1v) is 7.62. The molecule has 0 spiro atoms. The molecule has 0 heterocycles. The Balaban J connectivity index is 2.00. The average molecular weight is 308 g/mol. The van der Waals surface area contributed by atoms with E-state index in [1.54, 1.807) is 6.07 Å². The lowest BCUT2D eigenvalue weighted by Crippen LogP contribution is -2.18. The van der Waals surface area contributed by atoms with E-state index in [1.165, 1.54) is 11.1 Å². The van der Waals surface area contributed by atoms with Crippen LogP contribution in [0.1, 0.15) is 36.6 Å². The Morgan fingerprint density at radius 1 is 1.05 bits per heavy atom. The molecule has 0 saturated carbocycles. The van der Waals surface area contributed by atoms with Crippen molar-refractivity contribution < 1.29 is 0 Å². The van der Waals surface area contributed by atoms with Gasteiger partial charge in [-0.3, -0.25) is 0 Å². The van der Waals surface area contributed by atoms with E-state index in [9.17, 15) is 0 Å². The number of benzene rings is 2. The monoisotopic (exact) mass is 307 g/mol. The van der Waals surface area contributed by atoms with Crippen LogP contribution in [0.5, 0.6) is 0 Å². The fourth-order valence-electron chi connectivity index (χ4n) is 2.10. The van der Waals surface area contributed by atoms with E-state index in [0.29, 0.717) is 11.6 Å². The molecule has 2 aromatic carbocycles. The van der Waals surface area contributed by atoms with Crippen molar-refractivity contribution in [3.05, 3.63) is 69.2 Å². The molecule has 0 aromatic heterocycles. The van der Waals surface area contributed by atoms with Gasteiger partial charge >= 0.3 is 0 Å². The summed E-state index contributed by atoms with van der Waals surface area (Å²) in [5, 5.41) is 4.94. The van der Waals surface area contributed by atoms with Crippen LogP contribution in [0.3, 0.4) is 0 Å². The molecule has 0 bridgehead atoms. The van der Waals surface area contributed by atoms with Gasteiger partial charge in [0.25, 0.3) is 0 Å². The second-order valence-electron chi connectivity index (χ2n) is 4.93. The van der Waals surface area contributed by atoms with E-state index in [2.05, 4.69) is 43.4 Å². The van der Waals surface area contributed by atoms with Crippen LogP contribution in [0.25, 0.3) is 0 Å². The number of rotatable bonds is 5. The Morgan fingerprint density at radius 3 is 2.40 bits per heavy atom. The zero-order valence-corrected chi connectivity index (χ0v) is 13.3. The first-order valence-electron chi connectivity index (χ1n) is 6.86. The van der Waals surface area contributed by atoms with Gasteiger partial charge in [0, 0.05) is 22.6 Å². The molecule has 0 aliphatic rings. The van der Waals surface area contributed by atoms with Crippen LogP contribution in [0.4, 0.5) is 0 Å². The molecule has 0 fully saturated rings. The lowest BCUT2D eigenvalue weighted by Gasteiger charge is -2.15. The summed E-state index contributed by atoms with van der Waals surface area (Å²) in [6.07, 6.45) is 1.07. The van der Waals surface area contributed by atoms with E-state index in [1.807, 2.05) is 12.1 Å². The molecule has 1 nitrogen and oxygen atoms in total. The summed E-state index contributed by atoms with van der Waals surface area (Å²) in [6, 6.07) is 14.5. The van der Waals surface area contributed by atoms with E-state index in [0.717, 1.165) is 17.0 Å². The highest BCUT2D eigenvalue weighted by Crippen LogP contribution is 2.22. The van der Waals surface area contributed by atoms with E-state index in [-0.39, 0.29) is 6.04 Å². The van der Waals surface area contributed by atoms with Crippen molar-refractivity contribution in [1.82, 2.24) is 5.32 Å². The fraction of sp³-hybridized carbons (Fsp3) is 0.294. The second kappa shape index (κ2) is 7.12. The number of halogens is 2. The number of aryl methyl sites for hydroxylation is 1. The Hall–Kier alpha value is -1.02. The summed E-state index contributed by atoms with van der Waals surface area (Å²) in [5.41, 5.74) is 3.66. The number of hydrogen-bond acceptors (Lipinski definition) is 1. The summed E-state index contributed by atoms with van der Waals surface area (Å²) in [5.74, 6) is 0. The van der Waals surface area contributed by atoms with Gasteiger partial charge in [-0.2, -0.15) is 0 Å². The summed E-state index contributed by atoms with van der Waals surface area (Å²) >= 11 is 12.2.